The van der Waals surface area contributed by atoms with Crippen molar-refractivity contribution < 1.29 is 9.63 Å². The van der Waals surface area contributed by atoms with Crippen molar-refractivity contribution in [3.05, 3.63) is 70.9 Å². The molecule has 0 bridgehead atoms. The van der Waals surface area contributed by atoms with E-state index >= 15 is 0 Å². The minimum Gasteiger partial charge on any atom is -0.350 e. The van der Waals surface area contributed by atoms with Crippen molar-refractivity contribution in [1.29, 1.82) is 0 Å². The van der Waals surface area contributed by atoms with E-state index in [-0.39, 0.29) is 0 Å². The molecule has 0 spiro atoms. The van der Waals surface area contributed by atoms with Crippen molar-refractivity contribution in [2.24, 2.45) is 12.2 Å². The number of nitrogens with zero attached hydrogens (tertiary/aromatic N) is 2. The van der Waals surface area contributed by atoms with Gasteiger partial charge in [0.1, 0.15) is 0 Å². The Bertz CT molecular complexity index is 967. The number of carbonyl (C=O) groups is 1. The molecule has 0 aliphatic rings. The summed E-state index contributed by atoms with van der Waals surface area (Å²) in [4.78, 5) is 16.3. The first-order chi connectivity index (χ1) is 12.0. The number of hydrogen-bond donors (Lipinski definition) is 0. The van der Waals surface area contributed by atoms with Gasteiger partial charge in [-0.3, -0.25) is 0 Å². The highest BCUT2D eigenvalue weighted by molar-refractivity contribution is 6.11. The van der Waals surface area contributed by atoms with Gasteiger partial charge in [0.2, 0.25) is 0 Å². The number of aryl methyl sites for hydroxylation is 3. The fourth-order valence-electron chi connectivity index (χ4n) is 3.02. The maximum Gasteiger partial charge on any atom is 0.331 e. The van der Waals surface area contributed by atoms with E-state index in [1.807, 2.05) is 25.4 Å². The van der Waals surface area contributed by atoms with Crippen LogP contribution in [0.2, 0.25) is 0 Å². The van der Waals surface area contributed by atoms with Crippen LogP contribution in [0.3, 0.4) is 0 Å². The molecule has 0 amide bonds. The molecule has 0 N–H and O–H groups in total. The second-order valence-electron chi connectivity index (χ2n) is 6.40. The van der Waals surface area contributed by atoms with Gasteiger partial charge in [0, 0.05) is 43.1 Å². The Morgan fingerprint density at radius 2 is 1.92 bits per heavy atom. The molecule has 128 valence electrons. The van der Waals surface area contributed by atoms with E-state index in [1.54, 1.807) is 0 Å². The fraction of sp³-hybridized carbons (Fsp3) is 0.238. The van der Waals surface area contributed by atoms with Crippen molar-refractivity contribution in [1.82, 2.24) is 4.57 Å². The van der Waals surface area contributed by atoms with E-state index in [0.717, 1.165) is 27.7 Å². The summed E-state index contributed by atoms with van der Waals surface area (Å²) in [6.07, 6.45) is 2.65. The topological polar surface area (TPSA) is 43.6 Å². The van der Waals surface area contributed by atoms with E-state index in [0.29, 0.717) is 6.42 Å². The van der Waals surface area contributed by atoms with Gasteiger partial charge in [-0.1, -0.05) is 41.1 Å². The lowest BCUT2D eigenvalue weighted by atomic mass is 9.98. The summed E-state index contributed by atoms with van der Waals surface area (Å²) >= 11 is 0. The van der Waals surface area contributed by atoms with E-state index in [1.165, 1.54) is 18.1 Å². The fourth-order valence-corrected chi connectivity index (χ4v) is 3.02. The standard InChI is InChI=1S/C21H22N2O2/c1-14-9-10-21-18(11-14)19(13-23(21)4)20(22-25-16(3)24)12-17-8-6-5-7-15(17)2/h5-11,13H,12H2,1-4H3. The van der Waals surface area contributed by atoms with Gasteiger partial charge in [-0.2, -0.15) is 0 Å². The minimum atomic E-state index is -0.418. The molecule has 0 aliphatic carbocycles. The van der Waals surface area contributed by atoms with Gasteiger partial charge in [-0.05, 0) is 37.1 Å². The lowest BCUT2D eigenvalue weighted by Gasteiger charge is -2.08. The average molecular weight is 334 g/mol. The molecule has 0 radical (unpaired) electrons. The van der Waals surface area contributed by atoms with Crippen LogP contribution in [0.5, 0.6) is 0 Å². The molecule has 0 atom stereocenters. The van der Waals surface area contributed by atoms with E-state index < -0.39 is 5.97 Å². The molecule has 0 saturated carbocycles. The molecule has 2 aromatic carbocycles. The largest absolute Gasteiger partial charge is 0.350 e. The van der Waals surface area contributed by atoms with Crippen molar-refractivity contribution in [2.45, 2.75) is 27.2 Å². The number of fused-ring (bicyclic) bond motifs is 1. The zero-order chi connectivity index (χ0) is 18.0. The first kappa shape index (κ1) is 17.0. The van der Waals surface area contributed by atoms with Crippen LogP contribution in [0.25, 0.3) is 10.9 Å². The highest BCUT2D eigenvalue weighted by atomic mass is 16.7. The summed E-state index contributed by atoms with van der Waals surface area (Å²) in [5.74, 6) is -0.418. The van der Waals surface area contributed by atoms with Gasteiger partial charge in [0.05, 0.1) is 5.71 Å². The first-order valence-corrected chi connectivity index (χ1v) is 8.30. The summed E-state index contributed by atoms with van der Waals surface area (Å²) in [5.41, 5.74) is 6.41. The van der Waals surface area contributed by atoms with Gasteiger partial charge in [0.15, 0.2) is 0 Å². The highest BCUT2D eigenvalue weighted by Gasteiger charge is 2.15. The zero-order valence-electron chi connectivity index (χ0n) is 15.0. The Balaban J connectivity index is 2.12. The summed E-state index contributed by atoms with van der Waals surface area (Å²) < 4.78 is 2.07. The van der Waals surface area contributed by atoms with Crippen molar-refractivity contribution >= 4 is 22.6 Å². The molecule has 0 fully saturated rings. The van der Waals surface area contributed by atoms with Gasteiger partial charge in [0.25, 0.3) is 0 Å². The van der Waals surface area contributed by atoms with Crippen LogP contribution in [0.4, 0.5) is 0 Å². The third kappa shape index (κ3) is 3.63. The quantitative estimate of drug-likeness (QED) is 0.405. The molecule has 0 aliphatic heterocycles. The third-order valence-electron chi connectivity index (χ3n) is 4.36. The number of oxime groups is 1. The summed E-state index contributed by atoms with van der Waals surface area (Å²) in [6.45, 7) is 5.51. The third-order valence-corrected chi connectivity index (χ3v) is 4.36. The molecular formula is C21H22N2O2. The number of hydrogen-bond acceptors (Lipinski definition) is 3. The lowest BCUT2D eigenvalue weighted by molar-refractivity contribution is -0.140. The molecule has 0 unspecified atom stereocenters. The molecule has 1 heterocycles. The first-order valence-electron chi connectivity index (χ1n) is 8.30. The van der Waals surface area contributed by atoms with Crippen molar-refractivity contribution in [3.63, 3.8) is 0 Å². The normalized spacial score (nSPS) is 11.8. The SMILES string of the molecule is CC(=O)ON=C(Cc1ccccc1C)c1cn(C)c2ccc(C)cc12. The van der Waals surface area contributed by atoms with Crippen molar-refractivity contribution in [3.8, 4) is 0 Å². The number of carbonyl (C=O) groups excluding carboxylic acids is 1. The van der Waals surface area contributed by atoms with Crippen LogP contribution in [-0.4, -0.2) is 16.2 Å². The Labute approximate surface area is 147 Å². The highest BCUT2D eigenvalue weighted by Crippen LogP contribution is 2.24. The Kier molecular flexibility index (Phi) is 4.70. The number of aromatic nitrogens is 1. The van der Waals surface area contributed by atoms with Crippen LogP contribution < -0.4 is 0 Å². The average Bonchev–Trinajstić information content (AvgIpc) is 2.89. The minimum absolute atomic E-state index is 0.418. The Hall–Kier alpha value is -2.88. The van der Waals surface area contributed by atoms with E-state index in [9.17, 15) is 4.79 Å². The van der Waals surface area contributed by atoms with Gasteiger partial charge >= 0.3 is 5.97 Å². The second kappa shape index (κ2) is 6.93. The molecule has 25 heavy (non-hydrogen) atoms. The smallest absolute Gasteiger partial charge is 0.331 e. The number of benzene rings is 2. The predicted molar refractivity (Wildman–Crippen MR) is 101 cm³/mol. The van der Waals surface area contributed by atoms with Crippen LogP contribution in [0, 0.1) is 13.8 Å². The molecule has 3 aromatic rings. The maximum atomic E-state index is 11.3. The maximum absolute atomic E-state index is 11.3. The molecule has 4 heteroatoms. The Morgan fingerprint density at radius 3 is 2.64 bits per heavy atom. The molecular weight excluding hydrogens is 312 g/mol. The van der Waals surface area contributed by atoms with Crippen LogP contribution in [0.1, 0.15) is 29.2 Å². The molecule has 3 rings (SSSR count). The van der Waals surface area contributed by atoms with Gasteiger partial charge < -0.3 is 9.40 Å². The second-order valence-corrected chi connectivity index (χ2v) is 6.40. The summed E-state index contributed by atoms with van der Waals surface area (Å²) in [6, 6.07) is 14.5. The predicted octanol–water partition coefficient (Wildman–Crippen LogP) is 4.31. The summed E-state index contributed by atoms with van der Waals surface area (Å²) in [7, 11) is 2.01. The zero-order valence-corrected chi connectivity index (χ0v) is 15.0. The lowest BCUT2D eigenvalue weighted by Crippen LogP contribution is -2.08. The van der Waals surface area contributed by atoms with Crippen LogP contribution in [0.15, 0.2) is 53.8 Å². The Morgan fingerprint density at radius 1 is 1.16 bits per heavy atom. The molecule has 4 nitrogen and oxygen atoms in total. The van der Waals surface area contributed by atoms with Gasteiger partial charge in [-0.15, -0.1) is 0 Å². The van der Waals surface area contributed by atoms with Crippen molar-refractivity contribution in [2.75, 3.05) is 0 Å². The number of rotatable bonds is 4. The monoisotopic (exact) mass is 334 g/mol. The molecule has 1 aromatic heterocycles. The van der Waals surface area contributed by atoms with Crippen LogP contribution in [-0.2, 0) is 23.1 Å². The van der Waals surface area contributed by atoms with Gasteiger partial charge in [-0.25, -0.2) is 4.79 Å². The van der Waals surface area contributed by atoms with E-state index in [2.05, 4.69) is 53.9 Å². The van der Waals surface area contributed by atoms with E-state index in [4.69, 9.17) is 4.84 Å². The summed E-state index contributed by atoms with van der Waals surface area (Å²) in [5, 5.41) is 5.29. The van der Waals surface area contributed by atoms with Crippen LogP contribution >= 0.6 is 0 Å². The molecule has 0 saturated heterocycles.